The number of nitrogens with zero attached hydrogens (tertiary/aromatic N) is 2. The van der Waals surface area contributed by atoms with Crippen molar-refractivity contribution in [1.29, 1.82) is 0 Å². The molecule has 1 aromatic carbocycles. The molecule has 8 nitrogen and oxygen atoms in total. The summed E-state index contributed by atoms with van der Waals surface area (Å²) in [6.45, 7) is 3.62. The number of pyridine rings is 1. The van der Waals surface area contributed by atoms with Gasteiger partial charge in [-0.1, -0.05) is 0 Å². The number of hydrogen-bond acceptors (Lipinski definition) is 7. The first-order valence-electron chi connectivity index (χ1n) is 9.91. The van der Waals surface area contributed by atoms with E-state index in [-0.39, 0.29) is 5.91 Å². The van der Waals surface area contributed by atoms with Crippen molar-refractivity contribution in [2.45, 2.75) is 18.6 Å². The summed E-state index contributed by atoms with van der Waals surface area (Å²) in [5.41, 5.74) is 1.42. The van der Waals surface area contributed by atoms with Crippen LogP contribution in [-0.2, 0) is 9.47 Å². The van der Waals surface area contributed by atoms with E-state index in [1.807, 2.05) is 23.1 Å². The van der Waals surface area contributed by atoms with Gasteiger partial charge >= 0.3 is 0 Å². The van der Waals surface area contributed by atoms with Crippen LogP contribution in [-0.4, -0.2) is 61.1 Å². The van der Waals surface area contributed by atoms with Gasteiger partial charge in [0.05, 0.1) is 18.8 Å². The van der Waals surface area contributed by atoms with Gasteiger partial charge < -0.3 is 29.2 Å². The lowest BCUT2D eigenvalue weighted by atomic mass is 10.0. The molecule has 0 bridgehead atoms. The summed E-state index contributed by atoms with van der Waals surface area (Å²) < 4.78 is 22.6. The average Bonchev–Trinajstić information content (AvgIpc) is 3.22. The molecular formula is C21H23N3O5. The Balaban J connectivity index is 1.21. The van der Waals surface area contributed by atoms with Crippen LogP contribution < -0.4 is 14.8 Å². The molecule has 5 rings (SSSR count). The summed E-state index contributed by atoms with van der Waals surface area (Å²) >= 11 is 0. The maximum Gasteiger partial charge on any atom is 0.255 e. The third-order valence-corrected chi connectivity index (χ3v) is 5.45. The number of anilines is 2. The minimum Gasteiger partial charge on any atom is -0.486 e. The van der Waals surface area contributed by atoms with Crippen molar-refractivity contribution in [3.63, 3.8) is 0 Å². The van der Waals surface area contributed by atoms with Crippen molar-refractivity contribution < 1.29 is 23.7 Å². The minimum atomic E-state index is -0.480. The predicted molar refractivity (Wildman–Crippen MR) is 105 cm³/mol. The Morgan fingerprint density at radius 1 is 0.966 bits per heavy atom. The quantitative estimate of drug-likeness (QED) is 0.852. The number of aromatic nitrogens is 1. The highest BCUT2D eigenvalue weighted by Gasteiger charge is 2.40. The molecule has 0 aliphatic carbocycles. The Bertz CT molecular complexity index is 886. The zero-order chi connectivity index (χ0) is 19.7. The highest BCUT2D eigenvalue weighted by atomic mass is 16.7. The summed E-state index contributed by atoms with van der Waals surface area (Å²) in [6.07, 6.45) is 3.02. The number of carbonyl (C=O) groups excluding carboxylic acids is 1. The highest BCUT2D eigenvalue weighted by molar-refractivity contribution is 5.94. The molecule has 152 valence electrons. The largest absolute Gasteiger partial charge is 0.486 e. The zero-order valence-corrected chi connectivity index (χ0v) is 16.1. The SMILES string of the molecule is O=C(c1ccc(Nc2ccc3c(c2)OCCO3)nc1)N1CCC2(CC1)OCCO2. The first kappa shape index (κ1) is 18.2. The number of ether oxygens (including phenoxy) is 4. The van der Waals surface area contributed by atoms with Crippen molar-refractivity contribution >= 4 is 17.4 Å². The number of rotatable bonds is 3. The van der Waals surface area contributed by atoms with Crippen LogP contribution in [0.4, 0.5) is 11.5 Å². The van der Waals surface area contributed by atoms with E-state index in [1.54, 1.807) is 18.3 Å². The first-order valence-corrected chi connectivity index (χ1v) is 9.91. The Kier molecular flexibility index (Phi) is 4.73. The molecule has 8 heteroatoms. The lowest BCUT2D eigenvalue weighted by Crippen LogP contribution is -2.47. The lowest BCUT2D eigenvalue weighted by Gasteiger charge is -2.37. The Labute approximate surface area is 168 Å². The van der Waals surface area contributed by atoms with Crippen molar-refractivity contribution in [2.75, 3.05) is 44.8 Å². The third-order valence-electron chi connectivity index (χ3n) is 5.45. The van der Waals surface area contributed by atoms with E-state index in [1.165, 1.54) is 0 Å². The number of carbonyl (C=O) groups is 1. The van der Waals surface area contributed by atoms with Crippen molar-refractivity contribution in [1.82, 2.24) is 9.88 Å². The van der Waals surface area contributed by atoms with Crippen molar-refractivity contribution in [3.8, 4) is 11.5 Å². The smallest absolute Gasteiger partial charge is 0.255 e. The normalized spacial score (nSPS) is 19.9. The Morgan fingerprint density at radius 3 is 2.45 bits per heavy atom. The molecule has 2 saturated heterocycles. The molecule has 0 atom stereocenters. The molecule has 0 unspecified atom stereocenters. The predicted octanol–water partition coefficient (Wildman–Crippen LogP) is 2.58. The fraction of sp³-hybridized carbons (Fsp3) is 0.429. The molecule has 3 aliphatic rings. The standard InChI is InChI=1S/C21H23N3O5/c25-20(24-7-5-21(6-8-24)28-11-12-29-21)15-1-4-19(22-14-15)23-16-2-3-17-18(13-16)27-10-9-26-17/h1-4,13-14H,5-12H2,(H,22,23). The lowest BCUT2D eigenvalue weighted by molar-refractivity contribution is -0.181. The van der Waals surface area contributed by atoms with Gasteiger partial charge in [-0.25, -0.2) is 4.98 Å². The van der Waals surface area contributed by atoms with Crippen LogP contribution >= 0.6 is 0 Å². The molecule has 1 amide bonds. The molecule has 1 N–H and O–H groups in total. The van der Waals surface area contributed by atoms with Crippen LogP contribution in [0.2, 0.25) is 0 Å². The molecule has 1 aromatic heterocycles. The minimum absolute atomic E-state index is 0.0174. The van der Waals surface area contributed by atoms with Crippen LogP contribution in [0, 0.1) is 0 Å². The second kappa shape index (κ2) is 7.53. The van der Waals surface area contributed by atoms with E-state index in [2.05, 4.69) is 10.3 Å². The van der Waals surface area contributed by atoms with Crippen LogP contribution in [0.3, 0.4) is 0 Å². The van der Waals surface area contributed by atoms with Gasteiger partial charge in [0.15, 0.2) is 17.3 Å². The van der Waals surface area contributed by atoms with Gasteiger partial charge in [-0.3, -0.25) is 4.79 Å². The fourth-order valence-electron chi connectivity index (χ4n) is 3.88. The van der Waals surface area contributed by atoms with Gasteiger partial charge in [-0.2, -0.15) is 0 Å². The summed E-state index contributed by atoms with van der Waals surface area (Å²) in [5, 5.41) is 3.23. The number of likely N-dealkylation sites (tertiary alicyclic amines) is 1. The number of amides is 1. The van der Waals surface area contributed by atoms with Gasteiger partial charge in [0.1, 0.15) is 19.0 Å². The van der Waals surface area contributed by atoms with E-state index < -0.39 is 5.79 Å². The number of nitrogens with one attached hydrogen (secondary N) is 1. The van der Waals surface area contributed by atoms with Crippen molar-refractivity contribution in [2.24, 2.45) is 0 Å². The monoisotopic (exact) mass is 397 g/mol. The molecule has 0 radical (unpaired) electrons. The topological polar surface area (TPSA) is 82.2 Å². The molecule has 1 spiro atoms. The molecule has 3 aliphatic heterocycles. The van der Waals surface area contributed by atoms with Crippen LogP contribution in [0.5, 0.6) is 11.5 Å². The first-order chi connectivity index (χ1) is 14.2. The summed E-state index contributed by atoms with van der Waals surface area (Å²) in [5.74, 6) is 1.62. The van der Waals surface area contributed by atoms with Gasteiger partial charge in [0.25, 0.3) is 5.91 Å². The van der Waals surface area contributed by atoms with E-state index in [0.29, 0.717) is 69.5 Å². The molecule has 2 aromatic rings. The molecule has 4 heterocycles. The maximum atomic E-state index is 12.8. The molecule has 0 saturated carbocycles. The number of piperidine rings is 1. The summed E-state index contributed by atoms with van der Waals surface area (Å²) in [7, 11) is 0. The van der Waals surface area contributed by atoms with Crippen LogP contribution in [0.25, 0.3) is 0 Å². The summed E-state index contributed by atoms with van der Waals surface area (Å²) in [4.78, 5) is 19.0. The average molecular weight is 397 g/mol. The van der Waals surface area contributed by atoms with Gasteiger partial charge in [-0.15, -0.1) is 0 Å². The highest BCUT2D eigenvalue weighted by Crippen LogP contribution is 2.34. The second-order valence-electron chi connectivity index (χ2n) is 7.32. The van der Waals surface area contributed by atoms with E-state index in [9.17, 15) is 4.79 Å². The van der Waals surface area contributed by atoms with Gasteiger partial charge in [0.2, 0.25) is 0 Å². The number of benzene rings is 1. The third kappa shape index (κ3) is 3.73. The molecular weight excluding hydrogens is 374 g/mol. The molecule has 29 heavy (non-hydrogen) atoms. The number of fused-ring (bicyclic) bond motifs is 1. The van der Waals surface area contributed by atoms with Crippen LogP contribution in [0.15, 0.2) is 36.5 Å². The summed E-state index contributed by atoms with van der Waals surface area (Å²) in [6, 6.07) is 9.26. The van der Waals surface area contributed by atoms with Crippen molar-refractivity contribution in [3.05, 3.63) is 42.1 Å². The van der Waals surface area contributed by atoms with E-state index in [4.69, 9.17) is 18.9 Å². The fourth-order valence-corrected chi connectivity index (χ4v) is 3.88. The maximum absolute atomic E-state index is 12.8. The zero-order valence-electron chi connectivity index (χ0n) is 16.1. The van der Waals surface area contributed by atoms with Crippen LogP contribution in [0.1, 0.15) is 23.2 Å². The Morgan fingerprint density at radius 2 is 1.72 bits per heavy atom. The second-order valence-corrected chi connectivity index (χ2v) is 7.32. The van der Waals surface area contributed by atoms with Gasteiger partial charge in [0, 0.05) is 43.9 Å². The Hall–Kier alpha value is -2.84. The van der Waals surface area contributed by atoms with E-state index >= 15 is 0 Å². The molecule has 2 fully saturated rings. The number of hydrogen-bond donors (Lipinski definition) is 1. The van der Waals surface area contributed by atoms with E-state index in [0.717, 1.165) is 11.4 Å². The van der Waals surface area contributed by atoms with Gasteiger partial charge in [-0.05, 0) is 24.3 Å².